The number of nitrogens with one attached hydrogen (secondary N) is 1. The first kappa shape index (κ1) is 7.10. The molecule has 2 heteroatoms. The number of allylic oxidation sites excluding steroid dienone is 1. The summed E-state index contributed by atoms with van der Waals surface area (Å²) >= 11 is 0. The van der Waals surface area contributed by atoms with Crippen molar-refractivity contribution >= 4 is 16.5 Å². The number of nitrogens with zero attached hydrogens (tertiary/aromatic N) is 1. The van der Waals surface area contributed by atoms with Gasteiger partial charge in [0.05, 0.1) is 11.2 Å². The minimum atomic E-state index is 0. The Morgan fingerprint density at radius 2 is 2.42 bits per heavy atom. The first-order valence-corrected chi connectivity index (χ1v) is 3.87. The lowest BCUT2D eigenvalue weighted by Crippen LogP contribution is -1.85. The van der Waals surface area contributed by atoms with Crippen molar-refractivity contribution in [3.8, 4) is 0 Å². The molecule has 2 aromatic heterocycles. The summed E-state index contributed by atoms with van der Waals surface area (Å²) in [6.45, 7) is 5.83. The summed E-state index contributed by atoms with van der Waals surface area (Å²) < 4.78 is 0. The molecule has 0 aliphatic carbocycles. The van der Waals surface area contributed by atoms with Gasteiger partial charge in [-0.1, -0.05) is 6.58 Å². The van der Waals surface area contributed by atoms with Gasteiger partial charge in [-0.2, -0.15) is 0 Å². The van der Waals surface area contributed by atoms with E-state index in [1.54, 1.807) is 6.20 Å². The number of pyridine rings is 1. The van der Waals surface area contributed by atoms with E-state index in [1.807, 2.05) is 25.3 Å². The van der Waals surface area contributed by atoms with E-state index in [0.29, 0.717) is 0 Å². The van der Waals surface area contributed by atoms with Crippen molar-refractivity contribution in [2.75, 3.05) is 0 Å². The van der Waals surface area contributed by atoms with Gasteiger partial charge in [0.15, 0.2) is 0 Å². The van der Waals surface area contributed by atoms with Crippen LogP contribution in [0.15, 0.2) is 31.1 Å². The molecule has 0 saturated carbocycles. The van der Waals surface area contributed by atoms with Crippen LogP contribution in [0.5, 0.6) is 0 Å². The van der Waals surface area contributed by atoms with Gasteiger partial charge in [-0.05, 0) is 24.6 Å². The van der Waals surface area contributed by atoms with Gasteiger partial charge in [-0.15, -0.1) is 0 Å². The summed E-state index contributed by atoms with van der Waals surface area (Å²) in [6, 6.07) is 4.02. The second kappa shape index (κ2) is 2.48. The molecule has 0 bridgehead atoms. The first-order chi connectivity index (χ1) is 5.79. The van der Waals surface area contributed by atoms with Crippen LogP contribution in [-0.4, -0.2) is 9.97 Å². The Balaban J connectivity index is 0.000000845. The van der Waals surface area contributed by atoms with Crippen molar-refractivity contribution < 1.29 is 1.43 Å². The Kier molecular flexibility index (Phi) is 1.47. The third-order valence-corrected chi connectivity index (χ3v) is 1.88. The average Bonchev–Trinajstić information content (AvgIpc) is 2.49. The number of hydrogen-bond donors (Lipinski definition) is 1. The molecule has 2 heterocycles. The first-order valence-electron chi connectivity index (χ1n) is 3.87. The van der Waals surface area contributed by atoms with E-state index < -0.39 is 0 Å². The van der Waals surface area contributed by atoms with E-state index in [9.17, 15) is 0 Å². The van der Waals surface area contributed by atoms with Gasteiger partial charge in [-0.3, -0.25) is 4.98 Å². The quantitative estimate of drug-likeness (QED) is 0.682. The van der Waals surface area contributed by atoms with Gasteiger partial charge >= 0.3 is 0 Å². The van der Waals surface area contributed by atoms with Crippen LogP contribution in [0.4, 0.5) is 0 Å². The van der Waals surface area contributed by atoms with Crippen LogP contribution in [0.3, 0.4) is 0 Å². The summed E-state index contributed by atoms with van der Waals surface area (Å²) in [5, 5.41) is 1.18. The second-order valence-corrected chi connectivity index (χ2v) is 2.88. The molecule has 2 aromatic rings. The molecule has 0 fully saturated rings. The predicted octanol–water partition coefficient (Wildman–Crippen LogP) is 2.84. The van der Waals surface area contributed by atoms with Crippen LogP contribution in [0.2, 0.25) is 0 Å². The fraction of sp³-hybridized carbons (Fsp3) is 0.100. The van der Waals surface area contributed by atoms with Gasteiger partial charge in [0, 0.05) is 19.2 Å². The number of H-pyrrole nitrogens is 1. The van der Waals surface area contributed by atoms with Crippen molar-refractivity contribution in [1.82, 2.24) is 9.97 Å². The zero-order valence-electron chi connectivity index (χ0n) is 6.96. The number of aromatic nitrogens is 2. The summed E-state index contributed by atoms with van der Waals surface area (Å²) in [5.41, 5.74) is 3.02. The Labute approximate surface area is 72.4 Å². The minimum absolute atomic E-state index is 0. The summed E-state index contributed by atoms with van der Waals surface area (Å²) in [4.78, 5) is 7.39. The average molecular weight is 160 g/mol. The zero-order chi connectivity index (χ0) is 8.55. The largest absolute Gasteiger partial charge is 0.359 e. The standard InChI is InChI=1S/C10H10N2.H2/c1-7(2)9-10-8(3-5-11-9)4-6-12-10;/h3-6,12H,1H2,2H3;1H. The summed E-state index contributed by atoms with van der Waals surface area (Å²) in [5.74, 6) is 0. The fourth-order valence-electron chi connectivity index (χ4n) is 1.31. The molecular formula is C10H12N2. The van der Waals surface area contributed by atoms with Crippen LogP contribution in [0, 0.1) is 0 Å². The highest BCUT2D eigenvalue weighted by molar-refractivity contribution is 5.88. The molecule has 0 amide bonds. The van der Waals surface area contributed by atoms with E-state index in [1.165, 1.54) is 5.39 Å². The maximum atomic E-state index is 4.25. The van der Waals surface area contributed by atoms with Gasteiger partial charge in [0.2, 0.25) is 0 Å². The summed E-state index contributed by atoms with van der Waals surface area (Å²) in [6.07, 6.45) is 3.72. The normalized spacial score (nSPS) is 10.4. The van der Waals surface area contributed by atoms with Crippen LogP contribution in [-0.2, 0) is 0 Å². The van der Waals surface area contributed by atoms with Crippen molar-refractivity contribution in [1.29, 1.82) is 0 Å². The lowest BCUT2D eigenvalue weighted by Gasteiger charge is -1.99. The van der Waals surface area contributed by atoms with Crippen molar-refractivity contribution in [3.63, 3.8) is 0 Å². The highest BCUT2D eigenvalue weighted by Gasteiger charge is 2.02. The van der Waals surface area contributed by atoms with Crippen LogP contribution < -0.4 is 0 Å². The van der Waals surface area contributed by atoms with Crippen molar-refractivity contribution in [2.45, 2.75) is 6.92 Å². The second-order valence-electron chi connectivity index (χ2n) is 2.88. The Hall–Kier alpha value is -1.57. The number of hydrogen-bond acceptors (Lipinski definition) is 1. The molecule has 2 rings (SSSR count). The molecule has 0 saturated heterocycles. The number of rotatable bonds is 1. The van der Waals surface area contributed by atoms with Gasteiger partial charge in [-0.25, -0.2) is 0 Å². The molecule has 12 heavy (non-hydrogen) atoms. The summed E-state index contributed by atoms with van der Waals surface area (Å²) in [7, 11) is 0. The van der Waals surface area contributed by atoms with E-state index in [-0.39, 0.29) is 1.43 Å². The van der Waals surface area contributed by atoms with Gasteiger partial charge < -0.3 is 4.98 Å². The van der Waals surface area contributed by atoms with Crippen molar-refractivity contribution in [2.24, 2.45) is 0 Å². The minimum Gasteiger partial charge on any atom is -0.359 e. The Morgan fingerprint density at radius 3 is 3.17 bits per heavy atom. The molecule has 0 aliphatic rings. The smallest absolute Gasteiger partial charge is 0.0893 e. The fourth-order valence-corrected chi connectivity index (χ4v) is 1.31. The Morgan fingerprint density at radius 1 is 1.58 bits per heavy atom. The number of aromatic amines is 1. The lowest BCUT2D eigenvalue weighted by atomic mass is 10.2. The zero-order valence-corrected chi connectivity index (χ0v) is 6.96. The third-order valence-electron chi connectivity index (χ3n) is 1.88. The highest BCUT2D eigenvalue weighted by atomic mass is 14.8. The maximum absolute atomic E-state index is 4.25. The molecule has 62 valence electrons. The third kappa shape index (κ3) is 0.925. The van der Waals surface area contributed by atoms with Crippen LogP contribution in [0.1, 0.15) is 14.0 Å². The molecule has 1 N–H and O–H groups in total. The van der Waals surface area contributed by atoms with Gasteiger partial charge in [0.1, 0.15) is 0 Å². The topological polar surface area (TPSA) is 28.7 Å². The molecule has 0 atom stereocenters. The molecular weight excluding hydrogens is 148 g/mol. The maximum Gasteiger partial charge on any atom is 0.0893 e. The molecule has 0 unspecified atom stereocenters. The van der Waals surface area contributed by atoms with Crippen LogP contribution in [0.25, 0.3) is 16.5 Å². The highest BCUT2D eigenvalue weighted by Crippen LogP contribution is 2.19. The molecule has 0 aliphatic heterocycles. The number of fused-ring (bicyclic) bond motifs is 1. The molecule has 0 radical (unpaired) electrons. The van der Waals surface area contributed by atoms with Gasteiger partial charge in [0.25, 0.3) is 0 Å². The van der Waals surface area contributed by atoms with E-state index in [0.717, 1.165) is 16.8 Å². The molecule has 0 aromatic carbocycles. The lowest BCUT2D eigenvalue weighted by molar-refractivity contribution is 1.28. The van der Waals surface area contributed by atoms with E-state index in [4.69, 9.17) is 0 Å². The van der Waals surface area contributed by atoms with E-state index >= 15 is 0 Å². The van der Waals surface area contributed by atoms with Crippen LogP contribution >= 0.6 is 0 Å². The van der Waals surface area contributed by atoms with Crippen molar-refractivity contribution in [3.05, 3.63) is 36.8 Å². The molecule has 2 nitrogen and oxygen atoms in total. The monoisotopic (exact) mass is 160 g/mol. The van der Waals surface area contributed by atoms with E-state index in [2.05, 4.69) is 16.5 Å². The predicted molar refractivity (Wildman–Crippen MR) is 52.9 cm³/mol. The Bertz CT molecular complexity index is 431. The molecule has 0 spiro atoms. The SMILES string of the molecule is C=C(C)c1nccc2cc[nH]c12.[HH].